The average molecular weight is 275 g/mol. The fraction of sp³-hybridized carbons (Fsp3) is 0.357. The highest BCUT2D eigenvalue weighted by molar-refractivity contribution is 6.07. The highest BCUT2D eigenvalue weighted by atomic mass is 16.4. The lowest BCUT2D eigenvalue weighted by Gasteiger charge is -2.28. The normalized spacial score (nSPS) is 21.9. The number of nitrogens with one attached hydrogen (secondary N) is 1. The first-order chi connectivity index (χ1) is 9.40. The van der Waals surface area contributed by atoms with E-state index in [9.17, 15) is 14.7 Å². The van der Waals surface area contributed by atoms with Gasteiger partial charge in [0.1, 0.15) is 5.92 Å². The summed E-state index contributed by atoms with van der Waals surface area (Å²) in [5.41, 5.74) is 2.08. The second kappa shape index (κ2) is 5.32. The Morgan fingerprint density at radius 1 is 1.30 bits per heavy atom. The van der Waals surface area contributed by atoms with E-state index in [2.05, 4.69) is 10.3 Å². The van der Waals surface area contributed by atoms with Crippen LogP contribution in [0.25, 0.3) is 0 Å². The number of aliphatic imine (C=N–C) groups is 1. The van der Waals surface area contributed by atoms with Crippen molar-refractivity contribution in [1.82, 2.24) is 5.32 Å². The number of carboxylic acid groups (broad SMARTS) is 1. The van der Waals surface area contributed by atoms with Gasteiger partial charge in [-0.15, -0.1) is 0 Å². The molecule has 0 saturated heterocycles. The number of aliphatic carboxylic acids is 1. The Morgan fingerprint density at radius 3 is 2.40 bits per heavy atom. The molecule has 0 spiro atoms. The molecule has 0 radical (unpaired) electrons. The quantitative estimate of drug-likeness (QED) is 0.879. The van der Waals surface area contributed by atoms with Gasteiger partial charge in [-0.3, -0.25) is 4.79 Å². The Morgan fingerprint density at radius 2 is 1.90 bits per heavy atom. The SMILES string of the molecule is CC1=NC(=O)N[C@H](c2ccc(N(C)C)cc2)[C@H]1C(=O)O. The molecule has 2 rings (SSSR count). The molecule has 0 fully saturated rings. The summed E-state index contributed by atoms with van der Waals surface area (Å²) in [7, 11) is 3.85. The molecule has 0 aliphatic carbocycles. The van der Waals surface area contributed by atoms with E-state index in [-0.39, 0.29) is 0 Å². The van der Waals surface area contributed by atoms with Gasteiger partial charge in [0, 0.05) is 25.5 Å². The number of urea groups is 1. The van der Waals surface area contributed by atoms with Gasteiger partial charge in [0.05, 0.1) is 6.04 Å². The lowest BCUT2D eigenvalue weighted by Crippen LogP contribution is -2.43. The number of rotatable bonds is 3. The van der Waals surface area contributed by atoms with Crippen LogP contribution in [0.3, 0.4) is 0 Å². The molecule has 1 aliphatic heterocycles. The maximum Gasteiger partial charge on any atom is 0.341 e. The molecular formula is C14H17N3O3. The van der Waals surface area contributed by atoms with Gasteiger partial charge in [0.25, 0.3) is 0 Å². The highest BCUT2D eigenvalue weighted by Crippen LogP contribution is 2.28. The maximum atomic E-state index is 11.5. The van der Waals surface area contributed by atoms with Gasteiger partial charge in [-0.2, -0.15) is 0 Å². The predicted octanol–water partition coefficient (Wildman–Crippen LogP) is 1.68. The monoisotopic (exact) mass is 275 g/mol. The van der Waals surface area contributed by atoms with Crippen molar-refractivity contribution in [3.05, 3.63) is 29.8 Å². The summed E-state index contributed by atoms with van der Waals surface area (Å²) in [6.07, 6.45) is 0. The third kappa shape index (κ3) is 2.64. The van der Waals surface area contributed by atoms with Crippen LogP contribution >= 0.6 is 0 Å². The molecule has 0 bridgehead atoms. The van der Waals surface area contributed by atoms with Crippen molar-refractivity contribution in [2.24, 2.45) is 10.9 Å². The summed E-state index contributed by atoms with van der Waals surface area (Å²) in [4.78, 5) is 28.5. The van der Waals surface area contributed by atoms with E-state index in [1.165, 1.54) is 0 Å². The molecule has 20 heavy (non-hydrogen) atoms. The first kappa shape index (κ1) is 14.0. The number of hydrogen-bond acceptors (Lipinski definition) is 3. The zero-order chi connectivity index (χ0) is 14.9. The second-order valence-electron chi connectivity index (χ2n) is 4.98. The molecule has 6 nitrogen and oxygen atoms in total. The molecule has 0 unspecified atom stereocenters. The van der Waals surface area contributed by atoms with Gasteiger partial charge in [0.2, 0.25) is 0 Å². The predicted molar refractivity (Wildman–Crippen MR) is 76.3 cm³/mol. The minimum atomic E-state index is -0.993. The number of hydrogen-bond donors (Lipinski definition) is 2. The standard InChI is InChI=1S/C14H17N3O3/c1-8-11(13(18)19)12(16-14(20)15-8)9-4-6-10(7-5-9)17(2)3/h4-7,11-12H,1-3H3,(H,16,20)(H,18,19)/t11-,12+/m0/s1. The van der Waals surface area contributed by atoms with Gasteiger partial charge in [-0.1, -0.05) is 12.1 Å². The summed E-state index contributed by atoms with van der Waals surface area (Å²) in [6, 6.07) is 6.35. The van der Waals surface area contributed by atoms with Gasteiger partial charge in [0.15, 0.2) is 0 Å². The van der Waals surface area contributed by atoms with Gasteiger partial charge in [-0.25, -0.2) is 9.79 Å². The maximum absolute atomic E-state index is 11.5. The zero-order valence-electron chi connectivity index (χ0n) is 11.6. The lowest BCUT2D eigenvalue weighted by atomic mass is 9.88. The molecule has 0 saturated carbocycles. The van der Waals surface area contributed by atoms with Gasteiger partial charge in [-0.05, 0) is 24.6 Å². The van der Waals surface area contributed by atoms with Crippen molar-refractivity contribution in [2.45, 2.75) is 13.0 Å². The molecular weight excluding hydrogens is 258 g/mol. The Kier molecular flexibility index (Phi) is 3.74. The van der Waals surface area contributed by atoms with Crippen molar-refractivity contribution in [3.63, 3.8) is 0 Å². The highest BCUT2D eigenvalue weighted by Gasteiger charge is 2.36. The van der Waals surface area contributed by atoms with Crippen LogP contribution in [0.15, 0.2) is 29.3 Å². The van der Waals surface area contributed by atoms with Crippen LogP contribution in [-0.4, -0.2) is 36.9 Å². The number of carbonyl (C=O) groups is 2. The van der Waals surface area contributed by atoms with Crippen LogP contribution < -0.4 is 10.2 Å². The van der Waals surface area contributed by atoms with Crippen LogP contribution in [0.2, 0.25) is 0 Å². The van der Waals surface area contributed by atoms with Crippen molar-refractivity contribution in [3.8, 4) is 0 Å². The average Bonchev–Trinajstić information content (AvgIpc) is 2.37. The molecule has 2 amide bonds. The number of carbonyl (C=O) groups excluding carboxylic acids is 1. The van der Waals surface area contributed by atoms with Crippen molar-refractivity contribution in [2.75, 3.05) is 19.0 Å². The molecule has 0 aromatic heterocycles. The Labute approximate surface area is 117 Å². The lowest BCUT2D eigenvalue weighted by molar-refractivity contribution is -0.140. The Bertz CT molecular complexity index is 564. The molecule has 1 heterocycles. The number of amides is 2. The fourth-order valence-corrected chi connectivity index (χ4v) is 2.30. The summed E-state index contributed by atoms with van der Waals surface area (Å²) in [5, 5.41) is 12.0. The van der Waals surface area contributed by atoms with Crippen molar-refractivity contribution < 1.29 is 14.7 Å². The number of benzene rings is 1. The topological polar surface area (TPSA) is 82.0 Å². The van der Waals surface area contributed by atoms with Crippen LogP contribution in [0.1, 0.15) is 18.5 Å². The Balaban J connectivity index is 2.36. The van der Waals surface area contributed by atoms with E-state index in [1.807, 2.05) is 43.3 Å². The van der Waals surface area contributed by atoms with E-state index < -0.39 is 24.0 Å². The molecule has 2 N–H and O–H groups in total. The minimum absolute atomic E-state index is 0.322. The first-order valence-electron chi connectivity index (χ1n) is 6.26. The first-order valence-corrected chi connectivity index (χ1v) is 6.26. The summed E-state index contributed by atoms with van der Waals surface area (Å²) >= 11 is 0. The molecule has 1 aromatic carbocycles. The van der Waals surface area contributed by atoms with Crippen LogP contribution in [0.4, 0.5) is 10.5 Å². The molecule has 106 valence electrons. The van der Waals surface area contributed by atoms with Crippen molar-refractivity contribution >= 4 is 23.4 Å². The van der Waals surface area contributed by atoms with Crippen LogP contribution in [-0.2, 0) is 4.79 Å². The number of nitrogens with zero attached hydrogens (tertiary/aromatic N) is 2. The Hall–Kier alpha value is -2.37. The number of carboxylic acids is 1. The van der Waals surface area contributed by atoms with Gasteiger partial charge < -0.3 is 15.3 Å². The van der Waals surface area contributed by atoms with Crippen LogP contribution in [0, 0.1) is 5.92 Å². The third-order valence-electron chi connectivity index (χ3n) is 3.37. The van der Waals surface area contributed by atoms with Crippen molar-refractivity contribution in [1.29, 1.82) is 0 Å². The fourth-order valence-electron chi connectivity index (χ4n) is 2.30. The molecule has 1 aliphatic rings. The summed E-state index contributed by atoms with van der Waals surface area (Å²) < 4.78 is 0. The minimum Gasteiger partial charge on any atom is -0.481 e. The van der Waals surface area contributed by atoms with E-state index >= 15 is 0 Å². The largest absolute Gasteiger partial charge is 0.481 e. The van der Waals surface area contributed by atoms with Gasteiger partial charge >= 0.3 is 12.0 Å². The smallest absolute Gasteiger partial charge is 0.341 e. The zero-order valence-corrected chi connectivity index (χ0v) is 11.6. The summed E-state index contributed by atoms with van der Waals surface area (Å²) in [5.74, 6) is -1.83. The summed E-state index contributed by atoms with van der Waals surface area (Å²) in [6.45, 7) is 1.57. The molecule has 1 aromatic rings. The molecule has 2 atom stereocenters. The third-order valence-corrected chi connectivity index (χ3v) is 3.37. The van der Waals surface area contributed by atoms with E-state index in [0.717, 1.165) is 11.3 Å². The van der Waals surface area contributed by atoms with E-state index in [1.54, 1.807) is 6.92 Å². The number of anilines is 1. The van der Waals surface area contributed by atoms with Crippen LogP contribution in [0.5, 0.6) is 0 Å². The second-order valence-corrected chi connectivity index (χ2v) is 4.98. The molecule has 6 heteroatoms. The van der Waals surface area contributed by atoms with E-state index in [4.69, 9.17) is 0 Å². The van der Waals surface area contributed by atoms with E-state index in [0.29, 0.717) is 5.71 Å².